The van der Waals surface area contributed by atoms with Crippen molar-refractivity contribution in [1.82, 2.24) is 15.0 Å². The third-order valence-electron chi connectivity index (χ3n) is 7.40. The lowest BCUT2D eigenvalue weighted by Gasteiger charge is -2.23. The molecule has 40 heavy (non-hydrogen) atoms. The fourth-order valence-corrected chi connectivity index (χ4v) is 4.97. The summed E-state index contributed by atoms with van der Waals surface area (Å²) in [5.41, 5.74) is 3.17. The van der Waals surface area contributed by atoms with Crippen LogP contribution in [0.1, 0.15) is 43.7 Å². The molecule has 1 aliphatic heterocycles. The maximum atomic E-state index is 12.4. The smallest absolute Gasteiger partial charge is 0.308 e. The first-order valence-electron chi connectivity index (χ1n) is 14.4. The van der Waals surface area contributed by atoms with E-state index >= 15 is 0 Å². The molecule has 0 atom stereocenters. The number of benzene rings is 1. The van der Waals surface area contributed by atoms with Gasteiger partial charge in [-0.05, 0) is 55.9 Å². The minimum Gasteiger partial charge on any atom is -0.459 e. The summed E-state index contributed by atoms with van der Waals surface area (Å²) >= 11 is 0. The lowest BCUT2D eigenvalue weighted by atomic mass is 10.0. The highest BCUT2D eigenvalue weighted by molar-refractivity contribution is 5.70. The van der Waals surface area contributed by atoms with Gasteiger partial charge in [0.1, 0.15) is 22.9 Å². The number of ether oxygens (including phenoxy) is 3. The van der Waals surface area contributed by atoms with E-state index in [0.717, 1.165) is 62.5 Å². The van der Waals surface area contributed by atoms with E-state index in [1.165, 1.54) is 11.1 Å². The van der Waals surface area contributed by atoms with E-state index in [0.29, 0.717) is 38.8 Å². The highest BCUT2D eigenvalue weighted by Crippen LogP contribution is 2.43. The molecular weight excluding hydrogens is 506 g/mol. The molecule has 9 heteroatoms. The third kappa shape index (κ3) is 7.76. The van der Waals surface area contributed by atoms with E-state index < -0.39 is 0 Å². The van der Waals surface area contributed by atoms with Crippen molar-refractivity contribution in [3.05, 3.63) is 65.9 Å². The van der Waals surface area contributed by atoms with Crippen LogP contribution in [0.3, 0.4) is 0 Å². The van der Waals surface area contributed by atoms with Gasteiger partial charge >= 0.3 is 5.97 Å². The molecule has 212 valence electrons. The second-order valence-electron chi connectivity index (χ2n) is 10.3. The van der Waals surface area contributed by atoms with E-state index in [-0.39, 0.29) is 18.0 Å². The van der Waals surface area contributed by atoms with Gasteiger partial charge in [-0.25, -0.2) is 9.97 Å². The van der Waals surface area contributed by atoms with E-state index in [1.807, 2.05) is 31.2 Å². The molecule has 0 saturated heterocycles. The molecule has 1 saturated carbocycles. The molecule has 9 nitrogen and oxygen atoms in total. The Morgan fingerprint density at radius 2 is 1.73 bits per heavy atom. The number of carbonyl (C=O) groups excluding carboxylic acids is 1. The summed E-state index contributed by atoms with van der Waals surface area (Å²) in [7, 11) is 0. The van der Waals surface area contributed by atoms with Crippen molar-refractivity contribution in [2.45, 2.75) is 51.0 Å². The van der Waals surface area contributed by atoms with Crippen molar-refractivity contribution in [3.8, 4) is 11.5 Å². The molecule has 1 fully saturated rings. The maximum Gasteiger partial charge on any atom is 0.308 e. The minimum atomic E-state index is -0.383. The van der Waals surface area contributed by atoms with Crippen LogP contribution in [0.2, 0.25) is 0 Å². The molecule has 0 spiro atoms. The average Bonchev–Trinajstić information content (AvgIpc) is 3.78. The monoisotopic (exact) mass is 545 g/mol. The van der Waals surface area contributed by atoms with Gasteiger partial charge in [-0.3, -0.25) is 9.78 Å². The number of rotatable bonds is 14. The quantitative estimate of drug-likeness (QED) is 0.232. The zero-order valence-electron chi connectivity index (χ0n) is 23.3. The van der Waals surface area contributed by atoms with E-state index in [4.69, 9.17) is 24.2 Å². The normalized spacial score (nSPS) is 15.7. The third-order valence-corrected chi connectivity index (χ3v) is 7.40. The second-order valence-corrected chi connectivity index (χ2v) is 10.3. The summed E-state index contributed by atoms with van der Waals surface area (Å²) in [5, 5.41) is 3.47. The van der Waals surface area contributed by atoms with Gasteiger partial charge in [-0.1, -0.05) is 30.3 Å². The number of nitrogens with one attached hydrogen (secondary N) is 1. The molecule has 0 unspecified atom stereocenters. The van der Waals surface area contributed by atoms with Crippen molar-refractivity contribution in [2.24, 2.45) is 0 Å². The van der Waals surface area contributed by atoms with Crippen LogP contribution in [-0.2, 0) is 31.8 Å². The first-order chi connectivity index (χ1) is 19.6. The lowest BCUT2D eigenvalue weighted by Crippen LogP contribution is -2.27. The summed E-state index contributed by atoms with van der Waals surface area (Å²) in [6, 6.07) is 16.5. The summed E-state index contributed by atoms with van der Waals surface area (Å²) in [5.74, 6) is 2.03. The number of anilines is 2. The van der Waals surface area contributed by atoms with Crippen LogP contribution in [-0.4, -0.2) is 72.6 Å². The van der Waals surface area contributed by atoms with E-state index in [1.54, 1.807) is 6.20 Å². The van der Waals surface area contributed by atoms with Crippen LogP contribution in [0.5, 0.6) is 0 Å². The number of hydrogen-bond donors (Lipinski definition) is 1. The fourth-order valence-electron chi connectivity index (χ4n) is 4.97. The Bertz CT molecular complexity index is 1220. The van der Waals surface area contributed by atoms with Crippen LogP contribution < -0.4 is 10.2 Å². The highest BCUT2D eigenvalue weighted by Gasteiger charge is 2.46. The number of nitrogens with zero attached hydrogens (tertiary/aromatic N) is 4. The molecule has 1 N–H and O–H groups in total. The van der Waals surface area contributed by atoms with E-state index in [2.05, 4.69) is 39.5 Å². The molecule has 1 aromatic carbocycles. The van der Waals surface area contributed by atoms with Crippen LogP contribution in [0.15, 0.2) is 54.7 Å². The van der Waals surface area contributed by atoms with Gasteiger partial charge in [-0.2, -0.15) is 0 Å². The van der Waals surface area contributed by atoms with Crippen molar-refractivity contribution in [2.75, 3.05) is 56.3 Å². The number of fused-ring (bicyclic) bond motifs is 1. The Kier molecular flexibility index (Phi) is 9.57. The first kappa shape index (κ1) is 28.0. The summed E-state index contributed by atoms with van der Waals surface area (Å²) in [6.45, 7) is 6.41. The number of aromatic nitrogens is 3. The Morgan fingerprint density at radius 1 is 0.975 bits per heavy atom. The summed E-state index contributed by atoms with van der Waals surface area (Å²) < 4.78 is 16.5. The zero-order chi connectivity index (χ0) is 27.6. The van der Waals surface area contributed by atoms with Crippen molar-refractivity contribution < 1.29 is 19.0 Å². The molecular formula is C31H39N5O4. The van der Waals surface area contributed by atoms with Gasteiger partial charge < -0.3 is 24.4 Å². The number of carbonyl (C=O) groups is 1. The van der Waals surface area contributed by atoms with Gasteiger partial charge in [0.05, 0.1) is 26.2 Å². The molecule has 3 aromatic rings. The predicted octanol–water partition coefficient (Wildman–Crippen LogP) is 4.46. The first-order valence-corrected chi connectivity index (χ1v) is 14.4. The van der Waals surface area contributed by atoms with Crippen molar-refractivity contribution in [3.63, 3.8) is 0 Å². The molecule has 0 bridgehead atoms. The van der Waals surface area contributed by atoms with E-state index in [9.17, 15) is 4.79 Å². The molecule has 2 aromatic heterocycles. The van der Waals surface area contributed by atoms with Crippen LogP contribution in [0, 0.1) is 0 Å². The molecule has 2 aliphatic rings. The topological polar surface area (TPSA) is 98.7 Å². The molecule has 5 rings (SSSR count). The van der Waals surface area contributed by atoms with Gasteiger partial charge in [0.2, 0.25) is 0 Å². The number of pyridine rings is 1. The highest BCUT2D eigenvalue weighted by atomic mass is 16.6. The Morgan fingerprint density at radius 3 is 2.42 bits per heavy atom. The largest absolute Gasteiger partial charge is 0.459 e. The lowest BCUT2D eigenvalue weighted by molar-refractivity contribution is -0.152. The molecule has 0 radical (unpaired) electrons. The fraction of sp³-hybridized carbons (Fsp3) is 0.484. The standard InChI is InChI=1S/C31H39N5O4/c1-2-38-21-22-39-20-12-29(37)40-31(13-14-31)15-17-33-27-23-28(35-30(34-27)26-9-5-6-16-32-26)36-18-10-24-7-3-4-8-25(24)11-19-36/h3-9,16,23H,2,10-15,17-22H2,1H3,(H,33,34,35). The van der Waals surface area contributed by atoms with Gasteiger partial charge in [0, 0.05) is 44.9 Å². The van der Waals surface area contributed by atoms with Crippen LogP contribution in [0.25, 0.3) is 11.5 Å². The molecule has 1 aliphatic carbocycles. The van der Waals surface area contributed by atoms with Gasteiger partial charge in [0.25, 0.3) is 0 Å². The Hall–Kier alpha value is -3.56. The van der Waals surface area contributed by atoms with Crippen molar-refractivity contribution in [1.29, 1.82) is 0 Å². The number of esters is 1. The van der Waals surface area contributed by atoms with Gasteiger partial charge in [-0.15, -0.1) is 0 Å². The molecule has 3 heterocycles. The maximum absolute atomic E-state index is 12.4. The van der Waals surface area contributed by atoms with Crippen LogP contribution in [0.4, 0.5) is 11.6 Å². The minimum absolute atomic E-state index is 0.210. The molecule has 0 amide bonds. The second kappa shape index (κ2) is 13.7. The zero-order valence-corrected chi connectivity index (χ0v) is 23.3. The Labute approximate surface area is 236 Å². The van der Waals surface area contributed by atoms with Gasteiger partial charge in [0.15, 0.2) is 5.82 Å². The number of hydrogen-bond acceptors (Lipinski definition) is 9. The summed E-state index contributed by atoms with van der Waals surface area (Å²) in [4.78, 5) is 28.9. The van der Waals surface area contributed by atoms with Crippen molar-refractivity contribution >= 4 is 17.6 Å². The Balaban J connectivity index is 1.19. The average molecular weight is 546 g/mol. The summed E-state index contributed by atoms with van der Waals surface area (Å²) in [6.07, 6.45) is 6.46. The SMILES string of the molecule is CCOCCOCCC(=O)OC1(CCNc2cc(N3CCc4ccccc4CC3)nc(-c3ccccn3)n2)CC1. The van der Waals surface area contributed by atoms with Crippen LogP contribution >= 0.6 is 0 Å². The predicted molar refractivity (Wildman–Crippen MR) is 154 cm³/mol.